The first kappa shape index (κ1) is 22.2. The molecule has 0 saturated heterocycles. The molecule has 8 heteroatoms. The average molecular weight is 475 g/mol. The Morgan fingerprint density at radius 1 is 1.18 bits per heavy atom. The minimum absolute atomic E-state index is 0.270. The van der Waals surface area contributed by atoms with Crippen molar-refractivity contribution in [2.24, 2.45) is 0 Å². The van der Waals surface area contributed by atoms with Crippen molar-refractivity contribution in [2.45, 2.75) is 25.7 Å². The number of hydrogen-bond acceptors (Lipinski definition) is 6. The van der Waals surface area contributed by atoms with Gasteiger partial charge in [0.25, 0.3) is 0 Å². The standard InChI is InChI=1S/C26H27ClN6O/c1-4-32(2)25-20-12-11-19(17-8-6-5-7-9-17)24(20)30-26(31-25)29-18-10-13-21(22(14-18)34-3)33-15-23(27)28-16-33/h5-10,13-16,19H,4,11-12H2,1-3H3,(H,29,30,31). The summed E-state index contributed by atoms with van der Waals surface area (Å²) in [5.74, 6) is 2.53. The van der Waals surface area contributed by atoms with Gasteiger partial charge in [-0.25, -0.2) is 9.97 Å². The second-order valence-electron chi connectivity index (χ2n) is 8.37. The molecule has 2 heterocycles. The summed E-state index contributed by atoms with van der Waals surface area (Å²) in [5.41, 5.74) is 5.33. The van der Waals surface area contributed by atoms with E-state index in [4.69, 9.17) is 26.3 Å². The minimum Gasteiger partial charge on any atom is -0.494 e. The number of rotatable bonds is 7. The number of halogens is 1. The molecule has 174 valence electrons. The van der Waals surface area contributed by atoms with Crippen LogP contribution in [0.3, 0.4) is 0 Å². The van der Waals surface area contributed by atoms with Gasteiger partial charge in [-0.2, -0.15) is 4.98 Å². The number of nitrogens with one attached hydrogen (secondary N) is 1. The van der Waals surface area contributed by atoms with Gasteiger partial charge in [0.2, 0.25) is 5.95 Å². The van der Waals surface area contributed by atoms with Crippen molar-refractivity contribution in [2.75, 3.05) is 30.9 Å². The summed E-state index contributed by atoms with van der Waals surface area (Å²) >= 11 is 5.99. The third-order valence-corrected chi connectivity index (χ3v) is 6.53. The van der Waals surface area contributed by atoms with E-state index < -0.39 is 0 Å². The van der Waals surface area contributed by atoms with Crippen molar-refractivity contribution in [1.82, 2.24) is 19.5 Å². The third-order valence-electron chi connectivity index (χ3n) is 6.33. The van der Waals surface area contributed by atoms with Crippen LogP contribution >= 0.6 is 11.6 Å². The monoisotopic (exact) mass is 474 g/mol. The van der Waals surface area contributed by atoms with E-state index in [9.17, 15) is 0 Å². The summed E-state index contributed by atoms with van der Waals surface area (Å²) in [6.07, 6.45) is 5.42. The van der Waals surface area contributed by atoms with E-state index in [2.05, 4.69) is 59.5 Å². The van der Waals surface area contributed by atoms with Crippen LogP contribution in [0.5, 0.6) is 5.75 Å². The molecule has 1 unspecified atom stereocenters. The summed E-state index contributed by atoms with van der Waals surface area (Å²) < 4.78 is 7.46. The fourth-order valence-corrected chi connectivity index (χ4v) is 4.65. The van der Waals surface area contributed by atoms with Crippen LogP contribution in [0, 0.1) is 0 Å². The quantitative estimate of drug-likeness (QED) is 0.376. The van der Waals surface area contributed by atoms with Gasteiger partial charge >= 0.3 is 0 Å². The van der Waals surface area contributed by atoms with Gasteiger partial charge in [0.05, 0.1) is 18.5 Å². The third kappa shape index (κ3) is 4.19. The summed E-state index contributed by atoms with van der Waals surface area (Å²) in [7, 11) is 3.72. The Hall–Kier alpha value is -3.58. The van der Waals surface area contributed by atoms with E-state index in [1.807, 2.05) is 22.8 Å². The molecule has 2 aromatic carbocycles. The van der Waals surface area contributed by atoms with Gasteiger partial charge in [0, 0.05) is 43.0 Å². The Labute approximate surface area is 204 Å². The Kier molecular flexibility index (Phi) is 6.11. The first-order valence-corrected chi connectivity index (χ1v) is 11.8. The highest BCUT2D eigenvalue weighted by Gasteiger charge is 2.30. The molecule has 2 aromatic heterocycles. The Bertz CT molecular complexity index is 1310. The smallest absolute Gasteiger partial charge is 0.229 e. The van der Waals surface area contributed by atoms with E-state index >= 15 is 0 Å². The van der Waals surface area contributed by atoms with Crippen LogP contribution in [0.25, 0.3) is 5.69 Å². The maximum atomic E-state index is 5.99. The van der Waals surface area contributed by atoms with Gasteiger partial charge in [0.1, 0.15) is 23.0 Å². The zero-order valence-electron chi connectivity index (χ0n) is 19.5. The van der Waals surface area contributed by atoms with Crippen LogP contribution < -0.4 is 15.0 Å². The molecular weight excluding hydrogens is 448 g/mol. The molecule has 0 amide bonds. The molecule has 0 bridgehead atoms. The van der Waals surface area contributed by atoms with E-state index in [0.29, 0.717) is 16.9 Å². The maximum Gasteiger partial charge on any atom is 0.229 e. The topological polar surface area (TPSA) is 68.1 Å². The SMILES string of the molecule is CCN(C)c1nc(Nc2ccc(-n3cnc(Cl)c3)c(OC)c2)nc2c1CCC2c1ccccc1. The molecule has 0 spiro atoms. The van der Waals surface area contributed by atoms with Crippen LogP contribution in [0.4, 0.5) is 17.5 Å². The predicted molar refractivity (Wildman–Crippen MR) is 136 cm³/mol. The van der Waals surface area contributed by atoms with Crippen molar-refractivity contribution in [1.29, 1.82) is 0 Å². The number of aromatic nitrogens is 4. The van der Waals surface area contributed by atoms with Crippen molar-refractivity contribution in [3.8, 4) is 11.4 Å². The van der Waals surface area contributed by atoms with Gasteiger partial charge in [-0.05, 0) is 37.5 Å². The lowest BCUT2D eigenvalue weighted by molar-refractivity contribution is 0.413. The molecule has 34 heavy (non-hydrogen) atoms. The number of benzene rings is 2. The molecule has 1 aliphatic rings. The molecule has 0 saturated carbocycles. The summed E-state index contributed by atoms with van der Waals surface area (Å²) in [4.78, 5) is 16.2. The van der Waals surface area contributed by atoms with Crippen LogP contribution in [0.1, 0.15) is 36.1 Å². The number of methoxy groups -OCH3 is 1. The highest BCUT2D eigenvalue weighted by molar-refractivity contribution is 6.29. The van der Waals surface area contributed by atoms with Gasteiger partial charge in [0.15, 0.2) is 0 Å². The number of ether oxygens (including phenoxy) is 1. The lowest BCUT2D eigenvalue weighted by Gasteiger charge is -2.21. The van der Waals surface area contributed by atoms with Crippen LogP contribution in [0.15, 0.2) is 61.1 Å². The van der Waals surface area contributed by atoms with E-state index in [-0.39, 0.29) is 5.92 Å². The van der Waals surface area contributed by atoms with Crippen molar-refractivity contribution in [3.05, 3.63) is 83.0 Å². The van der Waals surface area contributed by atoms with Crippen molar-refractivity contribution in [3.63, 3.8) is 0 Å². The normalized spacial score (nSPS) is 14.6. The molecule has 0 fully saturated rings. The first-order valence-electron chi connectivity index (χ1n) is 11.4. The lowest BCUT2D eigenvalue weighted by atomic mass is 9.97. The summed E-state index contributed by atoms with van der Waals surface area (Å²) in [5, 5.41) is 3.83. The molecule has 0 aliphatic heterocycles. The van der Waals surface area contributed by atoms with Crippen molar-refractivity contribution >= 4 is 29.1 Å². The fourth-order valence-electron chi connectivity index (χ4n) is 4.50. The van der Waals surface area contributed by atoms with Crippen molar-refractivity contribution < 1.29 is 4.74 Å². The van der Waals surface area contributed by atoms with Crippen LogP contribution in [-0.4, -0.2) is 40.2 Å². The fraction of sp³-hybridized carbons (Fsp3) is 0.269. The Morgan fingerprint density at radius 3 is 2.71 bits per heavy atom. The average Bonchev–Trinajstić information content (AvgIpc) is 3.49. The molecule has 1 atom stereocenters. The lowest BCUT2D eigenvalue weighted by Crippen LogP contribution is -2.20. The molecule has 0 radical (unpaired) electrons. The zero-order valence-corrected chi connectivity index (χ0v) is 20.3. The molecule has 5 rings (SSSR count). The molecule has 1 N–H and O–H groups in total. The molecule has 1 aliphatic carbocycles. The highest BCUT2D eigenvalue weighted by atomic mass is 35.5. The molecule has 7 nitrogen and oxygen atoms in total. The minimum atomic E-state index is 0.270. The molecule has 4 aromatic rings. The van der Waals surface area contributed by atoms with Gasteiger partial charge in [-0.1, -0.05) is 41.9 Å². The van der Waals surface area contributed by atoms with Crippen LogP contribution in [0.2, 0.25) is 5.15 Å². The number of fused-ring (bicyclic) bond motifs is 1. The van der Waals surface area contributed by atoms with Gasteiger partial charge < -0.3 is 19.5 Å². The van der Waals surface area contributed by atoms with E-state index in [1.165, 1.54) is 11.1 Å². The second kappa shape index (κ2) is 9.35. The molecular formula is C26H27ClN6O. The first-order chi connectivity index (χ1) is 16.6. The number of nitrogens with zero attached hydrogens (tertiary/aromatic N) is 5. The van der Waals surface area contributed by atoms with Gasteiger partial charge in [-0.15, -0.1) is 0 Å². The summed E-state index contributed by atoms with van der Waals surface area (Å²) in [6, 6.07) is 16.5. The number of hydrogen-bond donors (Lipinski definition) is 1. The highest BCUT2D eigenvalue weighted by Crippen LogP contribution is 2.41. The predicted octanol–water partition coefficient (Wildman–Crippen LogP) is 5.60. The zero-order chi connectivity index (χ0) is 23.7. The van der Waals surface area contributed by atoms with E-state index in [1.54, 1.807) is 19.6 Å². The van der Waals surface area contributed by atoms with E-state index in [0.717, 1.165) is 42.3 Å². The number of anilines is 3. The van der Waals surface area contributed by atoms with Crippen LogP contribution in [-0.2, 0) is 6.42 Å². The summed E-state index contributed by atoms with van der Waals surface area (Å²) in [6.45, 7) is 3.01. The second-order valence-corrected chi connectivity index (χ2v) is 8.75. The Balaban J connectivity index is 1.52. The Morgan fingerprint density at radius 2 is 2.00 bits per heavy atom. The van der Waals surface area contributed by atoms with Gasteiger partial charge in [-0.3, -0.25) is 0 Å². The maximum absolute atomic E-state index is 5.99. The number of imidazole rings is 1. The largest absolute Gasteiger partial charge is 0.494 e.